The summed E-state index contributed by atoms with van der Waals surface area (Å²) < 4.78 is 1.57. The number of amides is 1. The molecule has 0 fully saturated rings. The normalized spacial score (nSPS) is 11.8. The molecule has 0 aliphatic rings. The van der Waals surface area contributed by atoms with Crippen LogP contribution in [0.1, 0.15) is 46.9 Å². The Morgan fingerprint density at radius 3 is 2.39 bits per heavy atom. The van der Waals surface area contributed by atoms with Gasteiger partial charge in [0.25, 0.3) is 11.5 Å². The Kier molecular flexibility index (Phi) is 6.98. The lowest BCUT2D eigenvalue weighted by molar-refractivity contribution is -0.139. The van der Waals surface area contributed by atoms with E-state index in [2.05, 4.69) is 5.32 Å². The number of nitrogens with zero attached hydrogens (tertiary/aromatic N) is 1. The van der Waals surface area contributed by atoms with Gasteiger partial charge >= 0.3 is 5.97 Å². The zero-order valence-electron chi connectivity index (χ0n) is 16.4. The lowest BCUT2D eigenvalue weighted by Crippen LogP contribution is -2.44. The highest BCUT2D eigenvalue weighted by atomic mass is 16.4. The Labute approximate surface area is 163 Å². The van der Waals surface area contributed by atoms with Crippen molar-refractivity contribution < 1.29 is 19.8 Å². The van der Waals surface area contributed by atoms with Crippen molar-refractivity contribution in [1.29, 1.82) is 0 Å². The zero-order chi connectivity index (χ0) is 20.8. The number of nitrogens with one attached hydrogen (secondary N) is 1. The number of aryl methyl sites for hydroxylation is 1. The van der Waals surface area contributed by atoms with Gasteiger partial charge in [-0.15, -0.1) is 0 Å². The average molecular weight is 386 g/mol. The summed E-state index contributed by atoms with van der Waals surface area (Å²) in [6.07, 6.45) is 1.76. The van der Waals surface area contributed by atoms with Crippen molar-refractivity contribution in [3.05, 3.63) is 63.1 Å². The van der Waals surface area contributed by atoms with Crippen LogP contribution in [0.4, 0.5) is 0 Å². The van der Waals surface area contributed by atoms with Crippen molar-refractivity contribution >= 4 is 11.9 Å². The van der Waals surface area contributed by atoms with Crippen molar-refractivity contribution in [2.45, 2.75) is 52.6 Å². The van der Waals surface area contributed by atoms with Crippen molar-refractivity contribution in [1.82, 2.24) is 9.88 Å². The predicted molar refractivity (Wildman–Crippen MR) is 106 cm³/mol. The molecule has 3 N–H and O–H groups in total. The van der Waals surface area contributed by atoms with E-state index in [-0.39, 0.29) is 17.7 Å². The van der Waals surface area contributed by atoms with Gasteiger partial charge in [0.1, 0.15) is 17.4 Å². The molecular weight excluding hydrogens is 360 g/mol. The number of aromatic nitrogens is 1. The minimum Gasteiger partial charge on any atom is -0.508 e. The van der Waals surface area contributed by atoms with Crippen LogP contribution in [-0.2, 0) is 17.8 Å². The number of carbonyl (C=O) groups is 2. The molecule has 0 bridgehead atoms. The number of carboxylic acid groups (broad SMARTS) is 1. The van der Waals surface area contributed by atoms with Crippen LogP contribution in [0, 0.1) is 13.8 Å². The maximum Gasteiger partial charge on any atom is 0.326 e. The Balaban J connectivity index is 2.28. The number of unbranched alkanes of at least 4 members (excludes halogenated alkanes) is 1. The number of phenolic OH excluding ortho intramolecular Hbond substituents is 1. The smallest absolute Gasteiger partial charge is 0.326 e. The van der Waals surface area contributed by atoms with Gasteiger partial charge in [-0.3, -0.25) is 9.59 Å². The van der Waals surface area contributed by atoms with Crippen molar-refractivity contribution in [3.8, 4) is 5.75 Å². The molecule has 1 amide bonds. The first-order valence-corrected chi connectivity index (χ1v) is 9.27. The number of aromatic hydroxyl groups is 1. The first-order valence-electron chi connectivity index (χ1n) is 9.27. The maximum atomic E-state index is 12.8. The lowest BCUT2D eigenvalue weighted by Gasteiger charge is -2.17. The molecule has 1 atom stereocenters. The van der Waals surface area contributed by atoms with Crippen LogP contribution < -0.4 is 10.9 Å². The van der Waals surface area contributed by atoms with Crippen LogP contribution in [0.5, 0.6) is 5.75 Å². The third kappa shape index (κ3) is 5.00. The average Bonchev–Trinajstić information content (AvgIpc) is 2.65. The van der Waals surface area contributed by atoms with Gasteiger partial charge in [-0.1, -0.05) is 25.5 Å². The van der Waals surface area contributed by atoms with Gasteiger partial charge in [0.05, 0.1) is 0 Å². The largest absolute Gasteiger partial charge is 0.508 e. The van der Waals surface area contributed by atoms with Crippen LogP contribution in [-0.4, -0.2) is 32.7 Å². The molecule has 150 valence electrons. The molecule has 7 nitrogen and oxygen atoms in total. The first-order chi connectivity index (χ1) is 13.2. The van der Waals surface area contributed by atoms with E-state index in [1.54, 1.807) is 16.7 Å². The highest BCUT2D eigenvalue weighted by molar-refractivity contribution is 5.96. The molecule has 2 aromatic rings. The Morgan fingerprint density at radius 1 is 1.18 bits per heavy atom. The quantitative estimate of drug-likeness (QED) is 0.645. The fourth-order valence-electron chi connectivity index (χ4n) is 2.95. The van der Waals surface area contributed by atoms with E-state index in [0.717, 1.165) is 24.1 Å². The number of aliphatic carboxylic acids is 1. The lowest BCUT2D eigenvalue weighted by atomic mass is 10.0. The minimum absolute atomic E-state index is 0.0379. The molecule has 0 radical (unpaired) electrons. The van der Waals surface area contributed by atoms with Crippen LogP contribution in [0.15, 0.2) is 35.1 Å². The molecule has 0 spiro atoms. The number of pyridine rings is 1. The SMILES string of the molecule is CCCCn1c(C)c(C)cc(C(=O)N[C@@H](Cc2ccc(O)cc2)C(=O)O)c1=O. The number of hydrogen-bond donors (Lipinski definition) is 3. The molecule has 1 heterocycles. The number of benzene rings is 1. The third-order valence-corrected chi connectivity index (χ3v) is 4.77. The van der Waals surface area contributed by atoms with Crippen LogP contribution in [0.2, 0.25) is 0 Å². The van der Waals surface area contributed by atoms with Crippen molar-refractivity contribution in [3.63, 3.8) is 0 Å². The van der Waals surface area contributed by atoms with E-state index < -0.39 is 23.5 Å². The standard InChI is InChI=1S/C21H26N2O5/c1-4-5-10-23-14(3)13(2)11-17(20(23)26)19(25)22-18(21(27)28)12-15-6-8-16(24)9-7-15/h6-9,11,18,24H,4-5,10,12H2,1-3H3,(H,22,25)(H,27,28)/t18-/m0/s1. The van der Waals surface area contributed by atoms with Crippen LogP contribution >= 0.6 is 0 Å². The Morgan fingerprint density at radius 2 is 1.82 bits per heavy atom. The summed E-state index contributed by atoms with van der Waals surface area (Å²) in [5.74, 6) is -1.83. The van der Waals surface area contributed by atoms with Gasteiger partial charge in [0, 0.05) is 18.7 Å². The molecule has 0 aliphatic heterocycles. The summed E-state index contributed by atoms with van der Waals surface area (Å²) in [5, 5.41) is 21.3. The van der Waals surface area contributed by atoms with Crippen molar-refractivity contribution in [2.24, 2.45) is 0 Å². The summed E-state index contributed by atoms with van der Waals surface area (Å²) in [5.41, 5.74) is 1.77. The number of rotatable bonds is 8. The number of hydrogen-bond acceptors (Lipinski definition) is 4. The molecule has 1 aromatic heterocycles. The van der Waals surface area contributed by atoms with Crippen LogP contribution in [0.3, 0.4) is 0 Å². The van der Waals surface area contributed by atoms with E-state index >= 15 is 0 Å². The summed E-state index contributed by atoms with van der Waals surface area (Å²) in [6, 6.07) is 6.39. The molecule has 28 heavy (non-hydrogen) atoms. The van der Waals surface area contributed by atoms with E-state index in [4.69, 9.17) is 0 Å². The monoisotopic (exact) mass is 386 g/mol. The van der Waals surface area contributed by atoms with E-state index in [1.165, 1.54) is 18.2 Å². The molecule has 0 saturated carbocycles. The molecule has 1 aromatic carbocycles. The predicted octanol–water partition coefficient (Wildman–Crippen LogP) is 2.40. The van der Waals surface area contributed by atoms with Gasteiger partial charge in [-0.05, 0) is 49.6 Å². The first kappa shape index (κ1) is 21.2. The number of carbonyl (C=O) groups excluding carboxylic acids is 1. The summed E-state index contributed by atoms with van der Waals surface area (Å²) in [4.78, 5) is 37.1. The molecule has 2 rings (SSSR count). The zero-order valence-corrected chi connectivity index (χ0v) is 16.4. The van der Waals surface area contributed by atoms with Gasteiger partial charge in [0.2, 0.25) is 0 Å². The number of phenols is 1. The highest BCUT2D eigenvalue weighted by Gasteiger charge is 2.24. The fourth-order valence-corrected chi connectivity index (χ4v) is 2.95. The topological polar surface area (TPSA) is 109 Å². The summed E-state index contributed by atoms with van der Waals surface area (Å²) >= 11 is 0. The highest BCUT2D eigenvalue weighted by Crippen LogP contribution is 2.12. The van der Waals surface area contributed by atoms with Gasteiger partial charge in [-0.25, -0.2) is 4.79 Å². The van der Waals surface area contributed by atoms with Gasteiger partial charge in [-0.2, -0.15) is 0 Å². The Hall–Kier alpha value is -3.09. The van der Waals surface area contributed by atoms with E-state index in [9.17, 15) is 24.6 Å². The molecule has 7 heteroatoms. The van der Waals surface area contributed by atoms with Gasteiger partial charge < -0.3 is 20.1 Å². The number of carboxylic acids is 1. The minimum atomic E-state index is -1.20. The second-order valence-corrected chi connectivity index (χ2v) is 6.87. The van der Waals surface area contributed by atoms with E-state index in [0.29, 0.717) is 12.1 Å². The molecule has 0 aliphatic carbocycles. The van der Waals surface area contributed by atoms with Crippen LogP contribution in [0.25, 0.3) is 0 Å². The summed E-state index contributed by atoms with van der Waals surface area (Å²) in [7, 11) is 0. The molecule has 0 saturated heterocycles. The third-order valence-electron chi connectivity index (χ3n) is 4.77. The van der Waals surface area contributed by atoms with E-state index in [1.807, 2.05) is 20.8 Å². The fraction of sp³-hybridized carbons (Fsp3) is 0.381. The van der Waals surface area contributed by atoms with Crippen molar-refractivity contribution in [2.75, 3.05) is 0 Å². The molecular formula is C21H26N2O5. The maximum absolute atomic E-state index is 12.8. The second-order valence-electron chi connectivity index (χ2n) is 6.87. The van der Waals surface area contributed by atoms with Gasteiger partial charge in [0.15, 0.2) is 0 Å². The molecule has 0 unspecified atom stereocenters. The Bertz CT molecular complexity index is 916. The second kappa shape index (κ2) is 9.21. The summed E-state index contributed by atoms with van der Waals surface area (Å²) in [6.45, 7) is 6.18.